The topological polar surface area (TPSA) is 46.5 Å². The summed E-state index contributed by atoms with van der Waals surface area (Å²) < 4.78 is 5.27. The Bertz CT molecular complexity index is 561. The fraction of sp³-hybridized carbons (Fsp3) is 0.133. The van der Waals surface area contributed by atoms with Crippen molar-refractivity contribution in [2.75, 3.05) is 7.11 Å². The maximum atomic E-state index is 11.1. The zero-order valence-electron chi connectivity index (χ0n) is 10.1. The van der Waals surface area contributed by atoms with E-state index in [4.69, 9.17) is 9.84 Å². The molecule has 0 fully saturated rings. The Kier molecular flexibility index (Phi) is 3.63. The smallest absolute Gasteiger partial charge is 0.335 e. The number of benzene rings is 2. The Morgan fingerprint density at radius 1 is 1.06 bits per heavy atom. The van der Waals surface area contributed by atoms with Gasteiger partial charge in [-0.05, 0) is 23.3 Å². The van der Waals surface area contributed by atoms with E-state index in [1.165, 1.54) is 0 Å². The monoisotopic (exact) mass is 242 g/mol. The Balaban J connectivity index is 2.37. The van der Waals surface area contributed by atoms with E-state index in [0.29, 0.717) is 12.0 Å². The molecule has 0 aliphatic heterocycles. The maximum Gasteiger partial charge on any atom is 0.335 e. The zero-order chi connectivity index (χ0) is 13.0. The molecule has 0 aliphatic carbocycles. The number of methoxy groups -OCH3 is 1. The van der Waals surface area contributed by atoms with Crippen LogP contribution in [0.25, 0.3) is 0 Å². The van der Waals surface area contributed by atoms with Gasteiger partial charge in [-0.3, -0.25) is 0 Å². The van der Waals surface area contributed by atoms with Crippen LogP contribution in [0.1, 0.15) is 21.5 Å². The molecule has 2 aromatic rings. The van der Waals surface area contributed by atoms with Gasteiger partial charge in [0, 0.05) is 6.42 Å². The van der Waals surface area contributed by atoms with Crippen molar-refractivity contribution in [2.45, 2.75) is 6.42 Å². The number of para-hydroxylation sites is 1. The van der Waals surface area contributed by atoms with Crippen molar-refractivity contribution in [1.82, 2.24) is 0 Å². The van der Waals surface area contributed by atoms with Crippen molar-refractivity contribution < 1.29 is 14.6 Å². The number of hydrogen-bond acceptors (Lipinski definition) is 2. The van der Waals surface area contributed by atoms with Gasteiger partial charge in [0.25, 0.3) is 0 Å². The first-order valence-corrected chi connectivity index (χ1v) is 5.65. The SMILES string of the molecule is COc1ccccc1Cc1ccccc1C(=O)O. The molecular weight excluding hydrogens is 228 g/mol. The van der Waals surface area contributed by atoms with Crippen molar-refractivity contribution >= 4 is 5.97 Å². The van der Waals surface area contributed by atoms with Crippen LogP contribution in [0.15, 0.2) is 48.5 Å². The number of carboxylic acids is 1. The van der Waals surface area contributed by atoms with Crippen LogP contribution < -0.4 is 4.74 Å². The lowest BCUT2D eigenvalue weighted by molar-refractivity contribution is 0.0696. The fourth-order valence-electron chi connectivity index (χ4n) is 1.94. The first-order chi connectivity index (χ1) is 8.72. The third kappa shape index (κ3) is 2.51. The molecule has 18 heavy (non-hydrogen) atoms. The highest BCUT2D eigenvalue weighted by Crippen LogP contribution is 2.22. The summed E-state index contributed by atoms with van der Waals surface area (Å²) in [5.41, 5.74) is 2.10. The van der Waals surface area contributed by atoms with Crippen LogP contribution >= 0.6 is 0 Å². The first-order valence-electron chi connectivity index (χ1n) is 5.65. The van der Waals surface area contributed by atoms with E-state index in [1.807, 2.05) is 36.4 Å². The highest BCUT2D eigenvalue weighted by molar-refractivity contribution is 5.89. The Morgan fingerprint density at radius 3 is 2.33 bits per heavy atom. The summed E-state index contributed by atoms with van der Waals surface area (Å²) >= 11 is 0. The number of ether oxygens (including phenoxy) is 1. The number of rotatable bonds is 4. The van der Waals surface area contributed by atoms with E-state index >= 15 is 0 Å². The summed E-state index contributed by atoms with van der Waals surface area (Å²) in [5, 5.41) is 9.14. The highest BCUT2D eigenvalue weighted by atomic mass is 16.5. The van der Waals surface area contributed by atoms with Crippen LogP contribution in [0.5, 0.6) is 5.75 Å². The molecule has 0 atom stereocenters. The van der Waals surface area contributed by atoms with Crippen LogP contribution in [0.2, 0.25) is 0 Å². The van der Waals surface area contributed by atoms with E-state index in [-0.39, 0.29) is 0 Å². The number of hydrogen-bond donors (Lipinski definition) is 1. The molecular formula is C15H14O3. The second-order valence-electron chi connectivity index (χ2n) is 3.95. The van der Waals surface area contributed by atoms with Gasteiger partial charge in [0.1, 0.15) is 5.75 Å². The predicted molar refractivity (Wildman–Crippen MR) is 69.2 cm³/mol. The molecule has 0 saturated carbocycles. The van der Waals surface area contributed by atoms with Gasteiger partial charge in [0.15, 0.2) is 0 Å². The van der Waals surface area contributed by atoms with Gasteiger partial charge in [-0.1, -0.05) is 36.4 Å². The molecule has 3 heteroatoms. The normalized spacial score (nSPS) is 10.1. The molecule has 1 N–H and O–H groups in total. The lowest BCUT2D eigenvalue weighted by atomic mass is 9.99. The molecule has 0 heterocycles. The predicted octanol–water partition coefficient (Wildman–Crippen LogP) is 2.98. The third-order valence-corrected chi connectivity index (χ3v) is 2.82. The highest BCUT2D eigenvalue weighted by Gasteiger charge is 2.11. The lowest BCUT2D eigenvalue weighted by Gasteiger charge is -2.09. The van der Waals surface area contributed by atoms with Gasteiger partial charge in [0.05, 0.1) is 12.7 Å². The van der Waals surface area contributed by atoms with Gasteiger partial charge in [-0.15, -0.1) is 0 Å². The fourth-order valence-corrected chi connectivity index (χ4v) is 1.94. The summed E-state index contributed by atoms with van der Waals surface area (Å²) in [4.78, 5) is 11.1. The standard InChI is InChI=1S/C15H14O3/c1-18-14-9-5-3-7-12(14)10-11-6-2-4-8-13(11)15(16)17/h2-9H,10H2,1H3,(H,16,17). The molecule has 2 rings (SSSR count). The minimum Gasteiger partial charge on any atom is -0.496 e. The Labute approximate surface area is 106 Å². The summed E-state index contributed by atoms with van der Waals surface area (Å²) in [6, 6.07) is 14.7. The minimum absolute atomic E-state index is 0.336. The van der Waals surface area contributed by atoms with E-state index in [0.717, 1.165) is 16.9 Å². The largest absolute Gasteiger partial charge is 0.496 e. The van der Waals surface area contributed by atoms with E-state index in [2.05, 4.69) is 0 Å². The lowest BCUT2D eigenvalue weighted by Crippen LogP contribution is -2.03. The number of carbonyl (C=O) groups is 1. The molecule has 0 aliphatic rings. The van der Waals surface area contributed by atoms with E-state index < -0.39 is 5.97 Å². The van der Waals surface area contributed by atoms with Crippen molar-refractivity contribution in [3.05, 3.63) is 65.2 Å². The van der Waals surface area contributed by atoms with Gasteiger partial charge >= 0.3 is 5.97 Å². The molecule has 0 aromatic heterocycles. The molecule has 92 valence electrons. The van der Waals surface area contributed by atoms with Gasteiger partial charge < -0.3 is 9.84 Å². The molecule has 2 aromatic carbocycles. The third-order valence-electron chi connectivity index (χ3n) is 2.82. The molecule has 0 bridgehead atoms. The average molecular weight is 242 g/mol. The van der Waals surface area contributed by atoms with Crippen LogP contribution in [0, 0.1) is 0 Å². The molecule has 3 nitrogen and oxygen atoms in total. The molecule has 0 spiro atoms. The van der Waals surface area contributed by atoms with Crippen LogP contribution in [0.3, 0.4) is 0 Å². The summed E-state index contributed by atoms with van der Waals surface area (Å²) in [6.07, 6.45) is 0.548. The second-order valence-corrected chi connectivity index (χ2v) is 3.95. The van der Waals surface area contributed by atoms with Gasteiger partial charge in [0.2, 0.25) is 0 Å². The molecule has 0 unspecified atom stereocenters. The quantitative estimate of drug-likeness (QED) is 0.896. The van der Waals surface area contributed by atoms with E-state index in [1.54, 1.807) is 19.2 Å². The summed E-state index contributed by atoms with van der Waals surface area (Å²) in [6.45, 7) is 0. The average Bonchev–Trinajstić information content (AvgIpc) is 2.40. The van der Waals surface area contributed by atoms with Crippen molar-refractivity contribution in [3.63, 3.8) is 0 Å². The first kappa shape index (κ1) is 12.2. The van der Waals surface area contributed by atoms with E-state index in [9.17, 15) is 4.79 Å². The molecule has 0 radical (unpaired) electrons. The van der Waals surface area contributed by atoms with Crippen molar-refractivity contribution in [3.8, 4) is 5.75 Å². The van der Waals surface area contributed by atoms with Crippen LogP contribution in [-0.4, -0.2) is 18.2 Å². The summed E-state index contributed by atoms with van der Waals surface area (Å²) in [7, 11) is 1.61. The Hall–Kier alpha value is -2.29. The maximum absolute atomic E-state index is 11.1. The van der Waals surface area contributed by atoms with Crippen molar-refractivity contribution in [2.24, 2.45) is 0 Å². The zero-order valence-corrected chi connectivity index (χ0v) is 10.1. The summed E-state index contributed by atoms with van der Waals surface area (Å²) in [5.74, 6) is -0.127. The minimum atomic E-state index is -0.902. The number of carboxylic acid groups (broad SMARTS) is 1. The Morgan fingerprint density at radius 2 is 1.67 bits per heavy atom. The number of aromatic carboxylic acids is 1. The molecule has 0 saturated heterocycles. The molecule has 0 amide bonds. The van der Waals surface area contributed by atoms with Crippen molar-refractivity contribution in [1.29, 1.82) is 0 Å². The second kappa shape index (κ2) is 5.36. The van der Waals surface area contributed by atoms with Crippen LogP contribution in [-0.2, 0) is 6.42 Å². The van der Waals surface area contributed by atoms with Gasteiger partial charge in [-0.25, -0.2) is 4.79 Å². The van der Waals surface area contributed by atoms with Crippen LogP contribution in [0.4, 0.5) is 0 Å². The van der Waals surface area contributed by atoms with Gasteiger partial charge in [-0.2, -0.15) is 0 Å².